The van der Waals surface area contributed by atoms with Gasteiger partial charge in [-0.05, 0) is 42.5 Å². The molecule has 3 aromatic rings. The van der Waals surface area contributed by atoms with Crippen LogP contribution >= 0.6 is 0 Å². The van der Waals surface area contributed by atoms with Crippen LogP contribution in [0.3, 0.4) is 0 Å². The molecule has 0 bridgehead atoms. The highest BCUT2D eigenvalue weighted by molar-refractivity contribution is 5.06. The summed E-state index contributed by atoms with van der Waals surface area (Å²) in [6.07, 6.45) is 7.77. The first kappa shape index (κ1) is 21.1. The Balaban J connectivity index is 1.39. The molecule has 1 aliphatic rings. The van der Waals surface area contributed by atoms with Crippen LogP contribution in [0.25, 0.3) is 0 Å². The van der Waals surface area contributed by atoms with E-state index in [1.807, 2.05) is 60.7 Å². The molecule has 0 radical (unpaired) electrons. The Kier molecular flexibility index (Phi) is 7.71. The van der Waals surface area contributed by atoms with Crippen molar-refractivity contribution in [3.8, 4) is 0 Å². The second-order valence-electron chi connectivity index (χ2n) is 7.03. The van der Waals surface area contributed by atoms with Gasteiger partial charge in [-0.3, -0.25) is 15.0 Å². The Labute approximate surface area is 181 Å². The maximum absolute atomic E-state index is 6.21. The number of hydrogen-bond acceptors (Lipinski definition) is 7. The largest absolute Gasteiger partial charge is 0.493 e. The molecule has 7 nitrogen and oxygen atoms in total. The summed E-state index contributed by atoms with van der Waals surface area (Å²) in [6.45, 7) is 1.47. The predicted octanol–water partition coefficient (Wildman–Crippen LogP) is 3.47. The molecule has 0 N–H and O–H groups in total. The first-order valence-electron chi connectivity index (χ1n) is 10.2. The first-order valence-corrected chi connectivity index (χ1v) is 10.2. The molecule has 0 unspecified atom stereocenters. The molecule has 0 fully saturated rings. The van der Waals surface area contributed by atoms with E-state index >= 15 is 0 Å². The lowest BCUT2D eigenvalue weighted by molar-refractivity contribution is -0.148. The minimum Gasteiger partial charge on any atom is -0.493 e. The van der Waals surface area contributed by atoms with Crippen molar-refractivity contribution in [1.82, 2.24) is 15.0 Å². The van der Waals surface area contributed by atoms with Crippen molar-refractivity contribution < 1.29 is 18.9 Å². The Morgan fingerprint density at radius 3 is 1.87 bits per heavy atom. The van der Waals surface area contributed by atoms with Gasteiger partial charge in [0.1, 0.15) is 18.3 Å². The summed E-state index contributed by atoms with van der Waals surface area (Å²) in [5.74, 6) is 0. The highest BCUT2D eigenvalue weighted by Gasteiger charge is 2.34. The molecule has 0 amide bonds. The van der Waals surface area contributed by atoms with E-state index in [2.05, 4.69) is 15.0 Å². The van der Waals surface area contributed by atoms with Crippen LogP contribution < -0.4 is 0 Å². The maximum atomic E-state index is 6.21. The third kappa shape index (κ3) is 6.42. The molecule has 0 saturated carbocycles. The smallest absolute Gasteiger partial charge is 0.150 e. The summed E-state index contributed by atoms with van der Waals surface area (Å²) in [5.41, 5.74) is 2.56. The second-order valence-corrected chi connectivity index (χ2v) is 7.03. The molecule has 160 valence electrons. The fraction of sp³-hybridized carbons (Fsp3) is 0.292. The molecule has 3 atom stereocenters. The molecule has 31 heavy (non-hydrogen) atoms. The zero-order valence-corrected chi connectivity index (χ0v) is 17.1. The van der Waals surface area contributed by atoms with E-state index in [1.165, 1.54) is 0 Å². The van der Waals surface area contributed by atoms with Crippen molar-refractivity contribution in [3.05, 3.63) is 103 Å². The van der Waals surface area contributed by atoms with Gasteiger partial charge in [0.2, 0.25) is 0 Å². The van der Waals surface area contributed by atoms with Gasteiger partial charge in [-0.15, -0.1) is 0 Å². The van der Waals surface area contributed by atoms with Crippen molar-refractivity contribution in [2.45, 2.75) is 38.1 Å². The molecule has 0 aromatic carbocycles. The van der Waals surface area contributed by atoms with Gasteiger partial charge in [0.25, 0.3) is 0 Å². The average molecular weight is 419 g/mol. The zero-order chi connectivity index (χ0) is 21.1. The fourth-order valence-electron chi connectivity index (χ4n) is 3.20. The monoisotopic (exact) mass is 419 g/mol. The van der Waals surface area contributed by atoms with Crippen LogP contribution in [-0.2, 0) is 38.8 Å². The lowest BCUT2D eigenvalue weighted by Gasteiger charge is -2.34. The van der Waals surface area contributed by atoms with Crippen LogP contribution in [0.15, 0.2) is 85.5 Å². The first-order chi connectivity index (χ1) is 15.4. The van der Waals surface area contributed by atoms with Crippen molar-refractivity contribution in [3.63, 3.8) is 0 Å². The fourth-order valence-corrected chi connectivity index (χ4v) is 3.20. The molecular formula is C24H25N3O4. The molecule has 0 saturated heterocycles. The van der Waals surface area contributed by atoms with Crippen LogP contribution in [-0.4, -0.2) is 39.9 Å². The quantitative estimate of drug-likeness (QED) is 0.498. The zero-order valence-electron chi connectivity index (χ0n) is 17.1. The Bertz CT molecular complexity index is 925. The standard InChI is InChI=1S/C24H25N3O4/c1-4-11-25-19(7-1)15-28-18-23-24(31-17-21-9-3-6-13-27-21)22(10-14-29-23)30-16-20-8-2-5-12-26-20/h1-14,22-24H,15-18H2/t22-,23-,24-/m1/s1. The van der Waals surface area contributed by atoms with Gasteiger partial charge in [-0.1, -0.05) is 18.2 Å². The average Bonchev–Trinajstić information content (AvgIpc) is 2.84. The Hall–Kier alpha value is -3.13. The van der Waals surface area contributed by atoms with Crippen molar-refractivity contribution in [2.75, 3.05) is 6.61 Å². The van der Waals surface area contributed by atoms with Gasteiger partial charge in [-0.2, -0.15) is 0 Å². The van der Waals surface area contributed by atoms with Gasteiger partial charge in [0, 0.05) is 18.6 Å². The number of ether oxygens (including phenoxy) is 4. The van der Waals surface area contributed by atoms with Gasteiger partial charge < -0.3 is 18.9 Å². The van der Waals surface area contributed by atoms with E-state index < -0.39 is 0 Å². The number of pyridine rings is 3. The summed E-state index contributed by atoms with van der Waals surface area (Å²) in [6, 6.07) is 17.2. The van der Waals surface area contributed by atoms with Crippen molar-refractivity contribution in [1.29, 1.82) is 0 Å². The molecule has 4 rings (SSSR count). The third-order valence-electron chi connectivity index (χ3n) is 4.77. The molecule has 0 spiro atoms. The van der Waals surface area contributed by atoms with Gasteiger partial charge in [0.15, 0.2) is 0 Å². The molecule has 1 aliphatic heterocycles. The summed E-state index contributed by atoms with van der Waals surface area (Å²) >= 11 is 0. The maximum Gasteiger partial charge on any atom is 0.150 e. The van der Waals surface area contributed by atoms with E-state index in [1.54, 1.807) is 24.9 Å². The predicted molar refractivity (Wildman–Crippen MR) is 114 cm³/mol. The lowest BCUT2D eigenvalue weighted by Crippen LogP contribution is -2.45. The van der Waals surface area contributed by atoms with Gasteiger partial charge in [-0.25, -0.2) is 0 Å². The lowest BCUT2D eigenvalue weighted by atomic mass is 10.1. The van der Waals surface area contributed by atoms with E-state index in [0.717, 1.165) is 17.1 Å². The summed E-state index contributed by atoms with van der Waals surface area (Å²) in [4.78, 5) is 12.9. The van der Waals surface area contributed by atoms with E-state index in [-0.39, 0.29) is 18.3 Å². The SMILES string of the molecule is C1=C[C@@H](OCc2ccccn2)[C@@H](OCc2ccccn2)[C@@H](COCc2ccccn2)O1. The van der Waals surface area contributed by atoms with Crippen molar-refractivity contribution in [2.24, 2.45) is 0 Å². The Morgan fingerprint density at radius 1 is 0.710 bits per heavy atom. The Morgan fingerprint density at radius 2 is 1.29 bits per heavy atom. The number of hydrogen-bond donors (Lipinski definition) is 0. The van der Waals surface area contributed by atoms with Crippen molar-refractivity contribution >= 4 is 0 Å². The molecule has 7 heteroatoms. The van der Waals surface area contributed by atoms with Gasteiger partial charge in [0.05, 0.1) is 49.8 Å². The highest BCUT2D eigenvalue weighted by Crippen LogP contribution is 2.22. The number of aromatic nitrogens is 3. The van der Waals surface area contributed by atoms with Gasteiger partial charge >= 0.3 is 0 Å². The number of nitrogens with zero attached hydrogens (tertiary/aromatic N) is 3. The second kappa shape index (κ2) is 11.3. The third-order valence-corrected chi connectivity index (χ3v) is 4.77. The minimum atomic E-state index is -0.362. The highest BCUT2D eigenvalue weighted by atomic mass is 16.6. The van der Waals surface area contributed by atoms with Crippen LogP contribution in [0.4, 0.5) is 0 Å². The van der Waals surface area contributed by atoms with E-state index in [0.29, 0.717) is 26.4 Å². The summed E-state index contributed by atoms with van der Waals surface area (Å²) < 4.78 is 24.0. The normalized spacial score (nSPS) is 20.3. The van der Waals surface area contributed by atoms with Crippen LogP contribution in [0.2, 0.25) is 0 Å². The number of rotatable bonds is 10. The van der Waals surface area contributed by atoms with Crippen LogP contribution in [0.5, 0.6) is 0 Å². The van der Waals surface area contributed by atoms with Crippen LogP contribution in [0.1, 0.15) is 17.1 Å². The molecule has 4 heterocycles. The molecular weight excluding hydrogens is 394 g/mol. The van der Waals surface area contributed by atoms with Crippen LogP contribution in [0, 0.1) is 0 Å². The minimum absolute atomic E-state index is 0.303. The topological polar surface area (TPSA) is 75.6 Å². The summed E-state index contributed by atoms with van der Waals surface area (Å²) in [5, 5.41) is 0. The molecule has 0 aliphatic carbocycles. The summed E-state index contributed by atoms with van der Waals surface area (Å²) in [7, 11) is 0. The van der Waals surface area contributed by atoms with E-state index in [4.69, 9.17) is 18.9 Å². The molecule has 3 aromatic heterocycles. The van der Waals surface area contributed by atoms with E-state index in [9.17, 15) is 0 Å².